The van der Waals surface area contributed by atoms with Gasteiger partial charge in [0.2, 0.25) is 0 Å². The van der Waals surface area contributed by atoms with Gasteiger partial charge in [0.25, 0.3) is 12.2 Å². The van der Waals surface area contributed by atoms with Crippen molar-refractivity contribution < 1.29 is 123 Å². The molecule has 1 saturated carbocycles. The topological polar surface area (TPSA) is 161 Å². The lowest BCUT2D eigenvalue weighted by Crippen LogP contribution is -2.54. The molecule has 4 heterocycles. The largest absolute Gasteiger partial charge is 0.492 e. The van der Waals surface area contributed by atoms with E-state index in [0.717, 1.165) is 24.3 Å². The van der Waals surface area contributed by atoms with E-state index in [0.29, 0.717) is 28.7 Å². The van der Waals surface area contributed by atoms with Gasteiger partial charge in [-0.2, -0.15) is 79.0 Å². The van der Waals surface area contributed by atoms with Crippen LogP contribution in [0.5, 0.6) is 5.75 Å². The number of piperidine rings is 2. The number of nitrogens with one attached hydrogen (secondary N) is 1. The van der Waals surface area contributed by atoms with Gasteiger partial charge in [0.1, 0.15) is 17.8 Å². The summed E-state index contributed by atoms with van der Waals surface area (Å²) in [6.45, 7) is -3.23. The van der Waals surface area contributed by atoms with Crippen LogP contribution >= 0.6 is 0 Å². The van der Waals surface area contributed by atoms with Crippen LogP contribution in [0.3, 0.4) is 0 Å². The van der Waals surface area contributed by atoms with Crippen molar-refractivity contribution in [3.05, 3.63) is 58.7 Å². The zero-order chi connectivity index (χ0) is 59.4. The quantitative estimate of drug-likeness (QED) is 0.145. The lowest BCUT2D eigenvalue weighted by Gasteiger charge is -2.45. The molecular weight excluding hydrogens is 1130 g/mol. The van der Waals surface area contributed by atoms with E-state index in [1.807, 2.05) is 0 Å². The highest BCUT2D eigenvalue weighted by atomic mass is 19.4. The summed E-state index contributed by atoms with van der Waals surface area (Å²) in [6.07, 6.45) is -47.0. The van der Waals surface area contributed by atoms with Gasteiger partial charge in [0.15, 0.2) is 0 Å². The Kier molecular flexibility index (Phi) is 17.1. The third-order valence-electron chi connectivity index (χ3n) is 15.8. The van der Waals surface area contributed by atoms with Crippen LogP contribution in [-0.4, -0.2) is 154 Å². The number of rotatable bonds is 15. The van der Waals surface area contributed by atoms with Crippen molar-refractivity contribution in [3.8, 4) is 5.75 Å². The minimum atomic E-state index is -6.05. The number of alkyl halides is 18. The van der Waals surface area contributed by atoms with Crippen LogP contribution in [0.25, 0.3) is 0 Å². The number of benzene rings is 2. The number of carboxylic acids is 2. The number of nitrogens with zero attached hydrogens (tertiary/aromatic N) is 4. The number of hydrogen-bond donors (Lipinski definition) is 3. The molecule has 2 aromatic carbocycles. The van der Waals surface area contributed by atoms with Gasteiger partial charge < -0.3 is 39.5 Å². The maximum Gasteiger partial charge on any atom is 0.434 e. The molecule has 3 unspecified atom stereocenters. The second-order valence-electron chi connectivity index (χ2n) is 20.9. The van der Waals surface area contributed by atoms with Crippen LogP contribution in [0, 0.1) is 17.3 Å². The maximum atomic E-state index is 14.2. The van der Waals surface area contributed by atoms with E-state index in [1.165, 1.54) is 6.07 Å². The normalized spacial score (nSPS) is 23.1. The number of likely N-dealkylation sites (tertiary alicyclic amines) is 4. The summed E-state index contributed by atoms with van der Waals surface area (Å²) in [6, 6.07) is 5.23. The fraction of sp³-hybridized carbons (Fsp3) is 0.667. The molecule has 14 nitrogen and oxygen atoms in total. The van der Waals surface area contributed by atoms with Gasteiger partial charge in [-0.15, -0.1) is 0 Å². The van der Waals surface area contributed by atoms with Gasteiger partial charge in [-0.25, -0.2) is 9.59 Å². The van der Waals surface area contributed by atoms with E-state index in [4.69, 9.17) is 9.84 Å². The number of carboxylic acid groups (broad SMARTS) is 2. The molecule has 0 radical (unpaired) electrons. The predicted molar refractivity (Wildman–Crippen MR) is 237 cm³/mol. The van der Waals surface area contributed by atoms with Crippen molar-refractivity contribution in [3.63, 3.8) is 0 Å². The lowest BCUT2D eigenvalue weighted by atomic mass is 9.80. The number of carbonyl (C=O) groups is 4. The number of anilines is 1. The molecule has 448 valence electrons. The fourth-order valence-corrected chi connectivity index (χ4v) is 11.6. The van der Waals surface area contributed by atoms with Crippen LogP contribution in [0.2, 0.25) is 0 Å². The van der Waals surface area contributed by atoms with Crippen LogP contribution < -0.4 is 10.1 Å². The van der Waals surface area contributed by atoms with Gasteiger partial charge in [-0.05, 0) is 106 Å². The molecule has 3 atom stereocenters. The molecule has 2 spiro atoms. The van der Waals surface area contributed by atoms with E-state index in [9.17, 15) is 103 Å². The smallest absolute Gasteiger partial charge is 0.434 e. The molecule has 3 N–H and O–H groups in total. The molecular formula is C48H51F18N5O9. The second-order valence-corrected chi connectivity index (χ2v) is 20.9. The molecule has 2 amide bonds. The third kappa shape index (κ3) is 13.9. The molecule has 0 bridgehead atoms. The summed E-state index contributed by atoms with van der Waals surface area (Å²) in [4.78, 5) is 54.5. The highest BCUT2D eigenvalue weighted by Crippen LogP contribution is 2.62. The number of halogens is 18. The SMILES string of the molecule is O=C(O)CCNc1cc(CN2CC(C3CC3(COc3cc(C(F)(F)F)ccc3CN3CCCC34CCN(C(=O)OC(C(F)(F)F)C(F)(F)F)CC4)C(=O)O)CC23CCN(C(=O)OC(C(F)(F)F)C(F)(F)F)CC3)cc(C(F)(F)F)c1. The van der Waals surface area contributed by atoms with Crippen molar-refractivity contribution in [1.29, 1.82) is 0 Å². The van der Waals surface area contributed by atoms with Crippen LogP contribution in [0.1, 0.15) is 80.0 Å². The minimum absolute atomic E-state index is 0.0113. The van der Waals surface area contributed by atoms with Gasteiger partial charge in [-0.1, -0.05) is 6.07 Å². The summed E-state index contributed by atoms with van der Waals surface area (Å²) >= 11 is 0. The Hall–Kier alpha value is -5.82. The summed E-state index contributed by atoms with van der Waals surface area (Å²) in [7, 11) is 0. The molecule has 2 aromatic rings. The Bertz CT molecular complexity index is 2560. The average molecular weight is 1180 g/mol. The highest BCUT2D eigenvalue weighted by molar-refractivity contribution is 5.79. The Morgan fingerprint density at radius 1 is 0.613 bits per heavy atom. The van der Waals surface area contributed by atoms with Gasteiger partial charge in [0, 0.05) is 74.7 Å². The molecule has 4 aliphatic heterocycles. The van der Waals surface area contributed by atoms with Crippen molar-refractivity contribution >= 4 is 29.8 Å². The van der Waals surface area contributed by atoms with Crippen molar-refractivity contribution in [2.45, 2.75) is 131 Å². The first-order chi connectivity index (χ1) is 36.8. The zero-order valence-electron chi connectivity index (χ0n) is 41.6. The predicted octanol–water partition coefficient (Wildman–Crippen LogP) is 11.1. The molecule has 1 aliphatic carbocycles. The van der Waals surface area contributed by atoms with Crippen molar-refractivity contribution in [2.24, 2.45) is 17.3 Å². The highest BCUT2D eigenvalue weighted by Gasteiger charge is 2.67. The Morgan fingerprint density at radius 3 is 1.62 bits per heavy atom. The van der Waals surface area contributed by atoms with Crippen LogP contribution in [-0.2, 0) is 44.5 Å². The third-order valence-corrected chi connectivity index (χ3v) is 15.8. The monoisotopic (exact) mass is 1180 g/mol. The van der Waals surface area contributed by atoms with Gasteiger partial charge in [0.05, 0.1) is 17.5 Å². The number of aliphatic carboxylic acids is 2. The first-order valence-corrected chi connectivity index (χ1v) is 24.7. The Labute approximate surface area is 442 Å². The number of hydrogen-bond acceptors (Lipinski definition) is 10. The van der Waals surface area contributed by atoms with Crippen LogP contribution in [0.4, 0.5) is 94.3 Å². The number of ether oxygens (including phenoxy) is 3. The van der Waals surface area contributed by atoms with Gasteiger partial charge >= 0.3 is 61.2 Å². The van der Waals surface area contributed by atoms with Gasteiger partial charge in [-0.3, -0.25) is 19.4 Å². The molecule has 5 fully saturated rings. The lowest BCUT2D eigenvalue weighted by molar-refractivity contribution is -0.309. The second kappa shape index (κ2) is 22.2. The molecule has 0 aromatic heterocycles. The molecule has 32 heteroatoms. The minimum Gasteiger partial charge on any atom is -0.492 e. The maximum absolute atomic E-state index is 14.2. The molecule has 4 saturated heterocycles. The van der Waals surface area contributed by atoms with E-state index in [-0.39, 0.29) is 101 Å². The zero-order valence-corrected chi connectivity index (χ0v) is 41.6. The molecule has 7 rings (SSSR count). The summed E-state index contributed by atoms with van der Waals surface area (Å²) in [5, 5.41) is 22.5. The Morgan fingerprint density at radius 2 is 1.14 bits per heavy atom. The number of carbonyl (C=O) groups excluding carboxylic acids is 2. The molecule has 5 aliphatic rings. The van der Waals surface area contributed by atoms with E-state index >= 15 is 0 Å². The summed E-state index contributed by atoms with van der Waals surface area (Å²) in [5.74, 6) is -4.77. The van der Waals surface area contributed by atoms with Crippen molar-refractivity contribution in [2.75, 3.05) is 57.7 Å². The first-order valence-electron chi connectivity index (χ1n) is 24.7. The van der Waals surface area contributed by atoms with E-state index in [1.54, 1.807) is 9.80 Å². The fourth-order valence-electron chi connectivity index (χ4n) is 11.6. The van der Waals surface area contributed by atoms with Crippen LogP contribution in [0.15, 0.2) is 36.4 Å². The number of amides is 2. The molecule has 80 heavy (non-hydrogen) atoms. The summed E-state index contributed by atoms with van der Waals surface area (Å²) in [5.41, 5.74) is -6.38. The summed E-state index contributed by atoms with van der Waals surface area (Å²) < 4.78 is 258. The van der Waals surface area contributed by atoms with Crippen molar-refractivity contribution in [1.82, 2.24) is 19.6 Å². The average Bonchev–Trinajstić information content (AvgIpc) is 3.83. The van der Waals surface area contributed by atoms with E-state index < -0.39 is 145 Å². The standard InChI is InChI=1S/C48H51F18N5O9/c49-43(50,51)29-3-2-27(23-70-11-1-5-40(70)6-12-68(13-7-40)38(76)79-35(45(55,56)57)46(58,59)60)33(19-29)78-25-42(37(74)75)21-32(42)28-20-41(8-14-69(15-9-41)39(77)80-36(47(61,62)63)48(64,65)66)71(24-28)22-26-16-30(44(52,53)54)18-31(17-26)67-10-4-34(72)73/h2-3,16-19,28,32,35-36,67H,1,4-15,20-25H2,(H,72,73)(H,74,75). The Balaban J connectivity index is 1.11. The first kappa shape index (κ1) is 61.8. The van der Waals surface area contributed by atoms with E-state index in [2.05, 4.69) is 14.8 Å².